The zero-order chi connectivity index (χ0) is 24.4. The molecule has 1 N–H and O–H groups in total. The van der Waals surface area contributed by atoms with E-state index in [2.05, 4.69) is 20.3 Å². The van der Waals surface area contributed by atoms with E-state index in [0.29, 0.717) is 17.8 Å². The normalized spacial score (nSPS) is 12.7. The molecule has 0 aliphatic carbocycles. The number of carbonyl (C=O) groups is 1. The largest absolute Gasteiger partial charge is 0.416 e. The van der Waals surface area contributed by atoms with Crippen molar-refractivity contribution in [3.63, 3.8) is 0 Å². The molecule has 0 aliphatic rings. The van der Waals surface area contributed by atoms with Gasteiger partial charge in [0.05, 0.1) is 34.1 Å². The van der Waals surface area contributed by atoms with E-state index >= 15 is 0 Å². The van der Waals surface area contributed by atoms with Gasteiger partial charge >= 0.3 is 12.4 Å². The van der Waals surface area contributed by atoms with Gasteiger partial charge in [-0.1, -0.05) is 0 Å². The number of nitrogens with one attached hydrogen (secondary N) is 1. The SMILES string of the molecule is C[C@H](NC(=O)c1cc(C(F)(F)F)cc(C(F)(F)F)c1)c1nccnc1-c1ccc(C#N)cn1. The van der Waals surface area contributed by atoms with E-state index in [1.54, 1.807) is 0 Å². The molecule has 0 saturated carbocycles. The van der Waals surface area contributed by atoms with Gasteiger partial charge in [-0.15, -0.1) is 0 Å². The average molecular weight is 465 g/mol. The Kier molecular flexibility index (Phi) is 6.34. The number of hydrogen-bond donors (Lipinski definition) is 1. The number of nitriles is 1. The van der Waals surface area contributed by atoms with E-state index in [9.17, 15) is 31.1 Å². The molecule has 0 spiro atoms. The predicted octanol–water partition coefficient (Wildman–Crippen LogP) is 4.94. The molecule has 0 bridgehead atoms. The third-order valence-electron chi connectivity index (χ3n) is 4.47. The van der Waals surface area contributed by atoms with Crippen molar-refractivity contribution in [1.82, 2.24) is 20.3 Å². The Morgan fingerprint density at radius 1 is 0.970 bits per heavy atom. The maximum absolute atomic E-state index is 13.1. The Bertz CT molecular complexity index is 1180. The van der Waals surface area contributed by atoms with Crippen molar-refractivity contribution in [1.29, 1.82) is 5.26 Å². The first-order valence-corrected chi connectivity index (χ1v) is 9.18. The second kappa shape index (κ2) is 8.85. The average Bonchev–Trinajstić information content (AvgIpc) is 2.77. The molecule has 1 amide bonds. The highest BCUT2D eigenvalue weighted by molar-refractivity contribution is 5.95. The van der Waals surface area contributed by atoms with Crippen molar-refractivity contribution in [2.45, 2.75) is 25.3 Å². The number of pyridine rings is 1. The number of benzene rings is 1. The van der Waals surface area contributed by atoms with Crippen molar-refractivity contribution in [3.05, 3.63) is 76.9 Å². The topological polar surface area (TPSA) is 91.6 Å². The summed E-state index contributed by atoms with van der Waals surface area (Å²) in [7, 11) is 0. The lowest BCUT2D eigenvalue weighted by Gasteiger charge is -2.18. The summed E-state index contributed by atoms with van der Waals surface area (Å²) in [5.41, 5.74) is -3.03. The molecule has 1 atom stereocenters. The number of hydrogen-bond acceptors (Lipinski definition) is 5. The summed E-state index contributed by atoms with van der Waals surface area (Å²) < 4.78 is 78.5. The van der Waals surface area contributed by atoms with Gasteiger partial charge in [-0.3, -0.25) is 19.7 Å². The molecule has 0 aliphatic heterocycles. The summed E-state index contributed by atoms with van der Waals surface area (Å²) in [4.78, 5) is 24.9. The molecule has 2 aromatic heterocycles. The van der Waals surface area contributed by atoms with Crippen LogP contribution in [-0.2, 0) is 12.4 Å². The summed E-state index contributed by atoms with van der Waals surface area (Å²) in [6, 6.07) is 4.54. The Morgan fingerprint density at radius 2 is 1.58 bits per heavy atom. The van der Waals surface area contributed by atoms with Crippen LogP contribution in [0.15, 0.2) is 48.9 Å². The molecular formula is C21H13F6N5O. The van der Waals surface area contributed by atoms with Crippen LogP contribution in [0, 0.1) is 11.3 Å². The fraction of sp³-hybridized carbons (Fsp3) is 0.190. The zero-order valence-electron chi connectivity index (χ0n) is 16.7. The van der Waals surface area contributed by atoms with Gasteiger partial charge in [0.2, 0.25) is 0 Å². The minimum absolute atomic E-state index is 0.0580. The lowest BCUT2D eigenvalue weighted by Crippen LogP contribution is -2.28. The van der Waals surface area contributed by atoms with Gasteiger partial charge in [-0.05, 0) is 37.3 Å². The predicted molar refractivity (Wildman–Crippen MR) is 102 cm³/mol. The third kappa shape index (κ3) is 5.43. The summed E-state index contributed by atoms with van der Waals surface area (Å²) in [5.74, 6) is -1.16. The zero-order valence-corrected chi connectivity index (χ0v) is 16.7. The highest BCUT2D eigenvalue weighted by atomic mass is 19.4. The van der Waals surface area contributed by atoms with Gasteiger partial charge in [-0.2, -0.15) is 31.6 Å². The summed E-state index contributed by atoms with van der Waals surface area (Å²) >= 11 is 0. The van der Waals surface area contributed by atoms with Crippen LogP contribution in [0.5, 0.6) is 0 Å². The Hall–Kier alpha value is -4.01. The second-order valence-electron chi connectivity index (χ2n) is 6.82. The first-order valence-electron chi connectivity index (χ1n) is 9.18. The Morgan fingerprint density at radius 3 is 2.09 bits per heavy atom. The molecule has 6 nitrogen and oxygen atoms in total. The highest BCUT2D eigenvalue weighted by Gasteiger charge is 2.37. The number of rotatable bonds is 4. The van der Waals surface area contributed by atoms with Gasteiger partial charge < -0.3 is 5.32 Å². The van der Waals surface area contributed by atoms with Crippen LogP contribution < -0.4 is 5.32 Å². The molecular weight excluding hydrogens is 452 g/mol. The van der Waals surface area contributed by atoms with Crippen molar-refractivity contribution < 1.29 is 31.1 Å². The van der Waals surface area contributed by atoms with Gasteiger partial charge in [0.15, 0.2) is 0 Å². The van der Waals surface area contributed by atoms with Gasteiger partial charge in [0.1, 0.15) is 11.8 Å². The number of aromatic nitrogens is 3. The molecule has 3 rings (SSSR count). The smallest absolute Gasteiger partial charge is 0.344 e. The number of alkyl halides is 6. The Labute approximate surface area is 182 Å². The van der Waals surface area contributed by atoms with Crippen molar-refractivity contribution in [3.8, 4) is 17.5 Å². The van der Waals surface area contributed by atoms with E-state index in [-0.39, 0.29) is 23.0 Å². The maximum atomic E-state index is 13.1. The molecule has 0 saturated heterocycles. The van der Waals surface area contributed by atoms with Crippen molar-refractivity contribution in [2.24, 2.45) is 0 Å². The molecule has 12 heteroatoms. The summed E-state index contributed by atoms with van der Waals surface area (Å²) in [6.45, 7) is 1.44. The quantitative estimate of drug-likeness (QED) is 0.552. The van der Waals surface area contributed by atoms with Crippen molar-refractivity contribution in [2.75, 3.05) is 0 Å². The van der Waals surface area contributed by atoms with Crippen LogP contribution in [0.1, 0.15) is 45.7 Å². The maximum Gasteiger partial charge on any atom is 0.416 e. The molecule has 3 aromatic rings. The van der Waals surface area contributed by atoms with Crippen LogP contribution in [-0.4, -0.2) is 20.9 Å². The lowest BCUT2D eigenvalue weighted by molar-refractivity contribution is -0.143. The highest BCUT2D eigenvalue weighted by Crippen LogP contribution is 2.36. The lowest BCUT2D eigenvalue weighted by atomic mass is 10.0. The molecule has 170 valence electrons. The van der Waals surface area contributed by atoms with Crippen molar-refractivity contribution >= 4 is 5.91 Å². The van der Waals surface area contributed by atoms with Crippen LogP contribution in [0.25, 0.3) is 11.4 Å². The van der Waals surface area contributed by atoms with Crippen LogP contribution in [0.2, 0.25) is 0 Å². The number of carbonyl (C=O) groups excluding carboxylic acids is 1. The number of halogens is 6. The van der Waals surface area contributed by atoms with Crippen LogP contribution in [0.4, 0.5) is 26.3 Å². The van der Waals surface area contributed by atoms with E-state index in [0.717, 1.165) is 0 Å². The summed E-state index contributed by atoms with van der Waals surface area (Å²) in [6.07, 6.45) is -6.23. The molecule has 0 radical (unpaired) electrons. The first kappa shape index (κ1) is 23.6. The standard InChI is InChI=1S/C21H13F6N5O/c1-11(17-18(30-5-4-29-17)16-3-2-12(9-28)10-31-16)32-19(33)13-6-14(20(22,23)24)8-15(7-13)21(25,26)27/h2-8,10-11H,1H3,(H,32,33)/t11-/m0/s1. The molecule has 1 aromatic carbocycles. The monoisotopic (exact) mass is 465 g/mol. The minimum Gasteiger partial charge on any atom is -0.344 e. The molecule has 2 heterocycles. The minimum atomic E-state index is -5.08. The van der Waals surface area contributed by atoms with E-state index in [4.69, 9.17) is 5.26 Å². The third-order valence-corrected chi connectivity index (χ3v) is 4.47. The van der Waals surface area contributed by atoms with E-state index < -0.39 is 41.0 Å². The number of nitrogens with zero attached hydrogens (tertiary/aromatic N) is 4. The molecule has 0 unspecified atom stereocenters. The fourth-order valence-electron chi connectivity index (χ4n) is 2.90. The van der Waals surface area contributed by atoms with E-state index in [1.807, 2.05) is 6.07 Å². The van der Waals surface area contributed by atoms with Gasteiger partial charge in [0, 0.05) is 24.2 Å². The van der Waals surface area contributed by atoms with Crippen LogP contribution >= 0.6 is 0 Å². The fourth-order valence-corrected chi connectivity index (χ4v) is 2.90. The first-order chi connectivity index (χ1) is 15.4. The molecule has 0 fully saturated rings. The van der Waals surface area contributed by atoms with Gasteiger partial charge in [0.25, 0.3) is 5.91 Å². The van der Waals surface area contributed by atoms with Gasteiger partial charge in [-0.25, -0.2) is 0 Å². The summed E-state index contributed by atoms with van der Waals surface area (Å²) in [5, 5.41) is 11.2. The van der Waals surface area contributed by atoms with Crippen LogP contribution in [0.3, 0.4) is 0 Å². The number of amides is 1. The van der Waals surface area contributed by atoms with E-state index in [1.165, 1.54) is 37.6 Å². The second-order valence-corrected chi connectivity index (χ2v) is 6.82. The Balaban J connectivity index is 1.94. The molecule has 33 heavy (non-hydrogen) atoms.